The lowest BCUT2D eigenvalue weighted by atomic mass is 9.86. The number of carbonyl (C=O) groups is 1. The van der Waals surface area contributed by atoms with E-state index in [0.29, 0.717) is 17.7 Å². The van der Waals surface area contributed by atoms with Crippen molar-refractivity contribution >= 4 is 17.5 Å². The number of hydrogen-bond donors (Lipinski definition) is 0. The van der Waals surface area contributed by atoms with E-state index in [1.807, 2.05) is 0 Å². The minimum absolute atomic E-state index is 0.371. The van der Waals surface area contributed by atoms with Gasteiger partial charge in [-0.3, -0.25) is 4.79 Å². The monoisotopic (exact) mass is 271 g/mol. The fourth-order valence-electron chi connectivity index (χ4n) is 3.38. The topological polar surface area (TPSA) is 20.3 Å². The first-order valence-corrected chi connectivity index (χ1v) is 8.17. The summed E-state index contributed by atoms with van der Waals surface area (Å²) in [6.07, 6.45) is 11.0. The number of likely N-dealkylation sites (tertiary alicyclic amines) is 1. The Morgan fingerprint density at radius 1 is 1.06 bits per heavy atom. The molecule has 2 rings (SSSR count). The summed E-state index contributed by atoms with van der Waals surface area (Å²) in [4.78, 5) is 14.2. The minimum atomic E-state index is 0.371. The first kappa shape index (κ1) is 14.2. The zero-order valence-electron chi connectivity index (χ0n) is 11.4. The highest BCUT2D eigenvalue weighted by atomic mass is 35.5. The average Bonchev–Trinajstić information content (AvgIpc) is 2.46. The van der Waals surface area contributed by atoms with Crippen molar-refractivity contribution in [2.24, 2.45) is 11.8 Å². The van der Waals surface area contributed by atoms with Crippen LogP contribution in [0.5, 0.6) is 0 Å². The second kappa shape index (κ2) is 7.37. The lowest BCUT2D eigenvalue weighted by Crippen LogP contribution is -2.40. The molecule has 2 nitrogen and oxygen atoms in total. The minimum Gasteiger partial charge on any atom is -0.342 e. The summed E-state index contributed by atoms with van der Waals surface area (Å²) in [7, 11) is 0. The molecule has 104 valence electrons. The number of alkyl halides is 1. The van der Waals surface area contributed by atoms with E-state index in [4.69, 9.17) is 11.6 Å². The van der Waals surface area contributed by atoms with Gasteiger partial charge in [0.15, 0.2) is 0 Å². The van der Waals surface area contributed by atoms with Gasteiger partial charge >= 0.3 is 0 Å². The Morgan fingerprint density at radius 2 is 1.78 bits per heavy atom. The van der Waals surface area contributed by atoms with Crippen LogP contribution in [0.15, 0.2) is 0 Å². The van der Waals surface area contributed by atoms with E-state index in [1.54, 1.807) is 0 Å². The Labute approximate surface area is 116 Å². The van der Waals surface area contributed by atoms with Crippen molar-refractivity contribution < 1.29 is 4.79 Å². The van der Waals surface area contributed by atoms with Crippen molar-refractivity contribution in [3.8, 4) is 0 Å². The molecule has 2 fully saturated rings. The Morgan fingerprint density at radius 3 is 2.50 bits per heavy atom. The standard InChI is InChI=1S/C15H26ClNO/c16-11-14-7-4-10-17(12-14)15(18)9-8-13-5-2-1-3-6-13/h13-14H,1-12H2. The van der Waals surface area contributed by atoms with Gasteiger partial charge in [-0.1, -0.05) is 32.1 Å². The molecule has 0 spiro atoms. The number of piperidine rings is 1. The summed E-state index contributed by atoms with van der Waals surface area (Å²) < 4.78 is 0. The highest BCUT2D eigenvalue weighted by Gasteiger charge is 2.23. The maximum absolute atomic E-state index is 12.2. The van der Waals surface area contributed by atoms with E-state index in [1.165, 1.54) is 38.5 Å². The molecule has 1 amide bonds. The molecule has 0 radical (unpaired) electrons. The molecule has 3 heteroatoms. The second-order valence-corrected chi connectivity index (χ2v) is 6.35. The van der Waals surface area contributed by atoms with E-state index in [2.05, 4.69) is 4.90 Å². The zero-order chi connectivity index (χ0) is 12.8. The number of halogens is 1. The average molecular weight is 272 g/mol. The van der Waals surface area contributed by atoms with E-state index in [9.17, 15) is 4.79 Å². The van der Waals surface area contributed by atoms with Crippen LogP contribution < -0.4 is 0 Å². The van der Waals surface area contributed by atoms with Crippen molar-refractivity contribution in [2.45, 2.75) is 57.8 Å². The van der Waals surface area contributed by atoms with Gasteiger partial charge in [-0.05, 0) is 31.1 Å². The summed E-state index contributed by atoms with van der Waals surface area (Å²) in [5, 5.41) is 0. The summed E-state index contributed by atoms with van der Waals surface area (Å²) in [6.45, 7) is 1.85. The summed E-state index contributed by atoms with van der Waals surface area (Å²) in [6, 6.07) is 0. The Bertz CT molecular complexity index is 263. The fourth-order valence-corrected chi connectivity index (χ4v) is 3.63. The second-order valence-electron chi connectivity index (χ2n) is 6.05. The Hall–Kier alpha value is -0.240. The van der Waals surface area contributed by atoms with Crippen molar-refractivity contribution in [1.82, 2.24) is 4.90 Å². The van der Waals surface area contributed by atoms with Crippen LogP contribution in [0.1, 0.15) is 57.8 Å². The molecule has 1 aliphatic heterocycles. The van der Waals surface area contributed by atoms with E-state index >= 15 is 0 Å². The van der Waals surface area contributed by atoms with Gasteiger partial charge in [0.2, 0.25) is 5.91 Å². The number of rotatable bonds is 4. The normalized spacial score (nSPS) is 26.3. The fraction of sp³-hybridized carbons (Fsp3) is 0.933. The maximum atomic E-state index is 12.2. The van der Waals surface area contributed by atoms with Gasteiger partial charge < -0.3 is 4.90 Å². The predicted octanol–water partition coefficient (Wildman–Crippen LogP) is 3.82. The molecule has 1 saturated carbocycles. The summed E-state index contributed by atoms with van der Waals surface area (Å²) in [5.41, 5.74) is 0. The molecule has 1 aliphatic carbocycles. The lowest BCUT2D eigenvalue weighted by molar-refractivity contribution is -0.133. The van der Waals surface area contributed by atoms with Gasteiger partial charge in [-0.25, -0.2) is 0 Å². The van der Waals surface area contributed by atoms with Crippen LogP contribution in [0.4, 0.5) is 0 Å². The van der Waals surface area contributed by atoms with Crippen LogP contribution in [-0.4, -0.2) is 29.8 Å². The molecule has 1 saturated heterocycles. The molecule has 18 heavy (non-hydrogen) atoms. The third kappa shape index (κ3) is 4.15. The highest BCUT2D eigenvalue weighted by molar-refractivity contribution is 6.18. The third-order valence-electron chi connectivity index (χ3n) is 4.58. The number of amides is 1. The quantitative estimate of drug-likeness (QED) is 0.712. The van der Waals surface area contributed by atoms with Crippen LogP contribution in [-0.2, 0) is 4.79 Å². The van der Waals surface area contributed by atoms with Crippen molar-refractivity contribution in [1.29, 1.82) is 0 Å². The SMILES string of the molecule is O=C(CCC1CCCCC1)N1CCCC(CCl)C1. The van der Waals surface area contributed by atoms with Crippen LogP contribution >= 0.6 is 11.6 Å². The van der Waals surface area contributed by atoms with Crippen LogP contribution in [0, 0.1) is 11.8 Å². The lowest BCUT2D eigenvalue weighted by Gasteiger charge is -2.32. The molecule has 1 unspecified atom stereocenters. The summed E-state index contributed by atoms with van der Waals surface area (Å²) in [5.74, 6) is 2.41. The first-order valence-electron chi connectivity index (χ1n) is 7.63. The number of nitrogens with zero attached hydrogens (tertiary/aromatic N) is 1. The van der Waals surface area contributed by atoms with Gasteiger partial charge in [0.05, 0.1) is 0 Å². The molecule has 0 aromatic carbocycles. The number of hydrogen-bond acceptors (Lipinski definition) is 1. The number of carbonyl (C=O) groups excluding carboxylic acids is 1. The van der Waals surface area contributed by atoms with E-state index < -0.39 is 0 Å². The largest absolute Gasteiger partial charge is 0.342 e. The van der Waals surface area contributed by atoms with Crippen molar-refractivity contribution in [3.05, 3.63) is 0 Å². The Kier molecular flexibility index (Phi) is 5.81. The summed E-state index contributed by atoms with van der Waals surface area (Å²) >= 11 is 5.91. The van der Waals surface area contributed by atoms with Gasteiger partial charge in [0.1, 0.15) is 0 Å². The molecular formula is C15H26ClNO. The van der Waals surface area contributed by atoms with Gasteiger partial charge in [-0.2, -0.15) is 0 Å². The van der Waals surface area contributed by atoms with Gasteiger partial charge in [0, 0.05) is 25.4 Å². The predicted molar refractivity (Wildman–Crippen MR) is 75.8 cm³/mol. The Balaban J connectivity index is 1.70. The molecule has 0 aromatic rings. The molecule has 1 heterocycles. The van der Waals surface area contributed by atoms with E-state index in [-0.39, 0.29) is 0 Å². The van der Waals surface area contributed by atoms with Gasteiger partial charge in [0.25, 0.3) is 0 Å². The van der Waals surface area contributed by atoms with Crippen molar-refractivity contribution in [3.63, 3.8) is 0 Å². The third-order valence-corrected chi connectivity index (χ3v) is 5.02. The molecule has 1 atom stereocenters. The van der Waals surface area contributed by atoms with E-state index in [0.717, 1.165) is 38.3 Å². The highest BCUT2D eigenvalue weighted by Crippen LogP contribution is 2.28. The maximum Gasteiger partial charge on any atom is 0.222 e. The smallest absolute Gasteiger partial charge is 0.222 e. The first-order chi connectivity index (χ1) is 8.79. The molecule has 0 N–H and O–H groups in total. The molecule has 2 aliphatic rings. The van der Waals surface area contributed by atoms with Crippen LogP contribution in [0.3, 0.4) is 0 Å². The molecule has 0 bridgehead atoms. The van der Waals surface area contributed by atoms with Crippen LogP contribution in [0.25, 0.3) is 0 Å². The van der Waals surface area contributed by atoms with Crippen molar-refractivity contribution in [2.75, 3.05) is 19.0 Å². The zero-order valence-corrected chi connectivity index (χ0v) is 12.1. The van der Waals surface area contributed by atoms with Gasteiger partial charge in [-0.15, -0.1) is 11.6 Å². The molecule has 0 aromatic heterocycles. The molecular weight excluding hydrogens is 246 g/mol. The van der Waals surface area contributed by atoms with Crippen LogP contribution in [0.2, 0.25) is 0 Å².